The number of carbonyl (C=O) groups is 1. The molecular formula is C16H31ClO2Si. The van der Waals surface area contributed by atoms with Crippen molar-refractivity contribution < 1.29 is 9.22 Å². The van der Waals surface area contributed by atoms with Crippen molar-refractivity contribution in [1.29, 1.82) is 0 Å². The Morgan fingerprint density at radius 2 is 1.85 bits per heavy atom. The SMILES string of the molecule is C=CCCCCC[C@H](Cl)[C@@H](C=O)O[Si](C)(C)C(C)(C)C. The number of aldehydes is 1. The fourth-order valence-corrected chi connectivity index (χ4v) is 3.28. The molecular weight excluding hydrogens is 288 g/mol. The monoisotopic (exact) mass is 318 g/mol. The summed E-state index contributed by atoms with van der Waals surface area (Å²) in [7, 11) is -1.94. The van der Waals surface area contributed by atoms with Crippen molar-refractivity contribution in [2.75, 3.05) is 0 Å². The van der Waals surface area contributed by atoms with E-state index in [0.29, 0.717) is 0 Å². The second-order valence-electron chi connectivity index (χ2n) is 6.92. The van der Waals surface area contributed by atoms with Crippen LogP contribution in [0.1, 0.15) is 52.9 Å². The van der Waals surface area contributed by atoms with Gasteiger partial charge < -0.3 is 9.22 Å². The maximum atomic E-state index is 11.3. The number of hydrogen-bond acceptors (Lipinski definition) is 2. The highest BCUT2D eigenvalue weighted by molar-refractivity contribution is 6.74. The molecule has 0 heterocycles. The molecule has 0 radical (unpaired) electrons. The van der Waals surface area contributed by atoms with Gasteiger partial charge in [0, 0.05) is 0 Å². The Morgan fingerprint density at radius 1 is 1.25 bits per heavy atom. The predicted molar refractivity (Wildman–Crippen MR) is 91.1 cm³/mol. The van der Waals surface area contributed by atoms with Gasteiger partial charge in [0.2, 0.25) is 0 Å². The van der Waals surface area contributed by atoms with Gasteiger partial charge in [-0.2, -0.15) is 0 Å². The molecule has 0 amide bonds. The molecule has 0 spiro atoms. The number of halogens is 1. The fraction of sp³-hybridized carbons (Fsp3) is 0.812. The zero-order valence-electron chi connectivity index (χ0n) is 13.7. The van der Waals surface area contributed by atoms with Crippen molar-refractivity contribution in [3.8, 4) is 0 Å². The lowest BCUT2D eigenvalue weighted by Crippen LogP contribution is -2.46. The van der Waals surface area contributed by atoms with Crippen LogP contribution >= 0.6 is 11.6 Å². The van der Waals surface area contributed by atoms with Crippen molar-refractivity contribution in [3.63, 3.8) is 0 Å². The van der Waals surface area contributed by atoms with Crippen LogP contribution in [0.3, 0.4) is 0 Å². The molecule has 0 unspecified atom stereocenters. The van der Waals surface area contributed by atoms with Crippen molar-refractivity contribution >= 4 is 26.2 Å². The molecule has 0 rings (SSSR count). The quantitative estimate of drug-likeness (QED) is 0.179. The van der Waals surface area contributed by atoms with Crippen LogP contribution in [0.15, 0.2) is 12.7 Å². The minimum atomic E-state index is -1.94. The topological polar surface area (TPSA) is 26.3 Å². The average Bonchev–Trinajstić information content (AvgIpc) is 2.34. The highest BCUT2D eigenvalue weighted by atomic mass is 35.5. The Balaban J connectivity index is 4.31. The largest absolute Gasteiger partial charge is 0.406 e. The highest BCUT2D eigenvalue weighted by Gasteiger charge is 2.40. The molecule has 20 heavy (non-hydrogen) atoms. The minimum Gasteiger partial charge on any atom is -0.406 e. The Bertz CT molecular complexity index is 297. The lowest BCUT2D eigenvalue weighted by molar-refractivity contribution is -0.114. The van der Waals surface area contributed by atoms with Crippen LogP contribution < -0.4 is 0 Å². The third kappa shape index (κ3) is 7.05. The van der Waals surface area contributed by atoms with Gasteiger partial charge in [-0.1, -0.05) is 39.7 Å². The van der Waals surface area contributed by atoms with Crippen molar-refractivity contribution in [1.82, 2.24) is 0 Å². The summed E-state index contributed by atoms with van der Waals surface area (Å²) in [4.78, 5) is 11.3. The van der Waals surface area contributed by atoms with E-state index in [2.05, 4.69) is 40.4 Å². The van der Waals surface area contributed by atoms with Gasteiger partial charge in [0.25, 0.3) is 0 Å². The number of carbonyl (C=O) groups excluding carboxylic acids is 1. The van der Waals surface area contributed by atoms with Crippen LogP contribution in [0.2, 0.25) is 18.1 Å². The highest BCUT2D eigenvalue weighted by Crippen LogP contribution is 2.38. The zero-order chi connectivity index (χ0) is 15.8. The molecule has 0 aliphatic heterocycles. The predicted octanol–water partition coefficient (Wildman–Crippen LogP) is 5.32. The molecule has 4 heteroatoms. The van der Waals surface area contributed by atoms with Gasteiger partial charge in [0.05, 0.1) is 5.38 Å². The van der Waals surface area contributed by atoms with Crippen LogP contribution in [-0.4, -0.2) is 26.1 Å². The molecule has 0 aromatic rings. The second kappa shape index (κ2) is 9.01. The van der Waals surface area contributed by atoms with Crippen molar-refractivity contribution in [2.45, 2.75) is 82.5 Å². The van der Waals surface area contributed by atoms with Crippen LogP contribution in [0.5, 0.6) is 0 Å². The van der Waals surface area contributed by atoms with E-state index in [0.717, 1.165) is 38.4 Å². The normalized spacial score (nSPS) is 15.7. The van der Waals surface area contributed by atoms with Crippen LogP contribution in [0.4, 0.5) is 0 Å². The Labute approximate surface area is 131 Å². The van der Waals surface area contributed by atoms with Crippen LogP contribution in [0.25, 0.3) is 0 Å². The van der Waals surface area contributed by atoms with E-state index in [-0.39, 0.29) is 10.4 Å². The molecule has 0 aliphatic rings. The van der Waals surface area contributed by atoms with Crippen molar-refractivity contribution in [3.05, 3.63) is 12.7 Å². The number of unbranched alkanes of at least 4 members (excludes halogenated alkanes) is 3. The maximum Gasteiger partial charge on any atom is 0.193 e. The number of allylic oxidation sites excluding steroid dienone is 1. The summed E-state index contributed by atoms with van der Waals surface area (Å²) < 4.78 is 6.11. The van der Waals surface area contributed by atoms with Gasteiger partial charge in [0.1, 0.15) is 12.4 Å². The average molecular weight is 319 g/mol. The van der Waals surface area contributed by atoms with E-state index < -0.39 is 14.4 Å². The zero-order valence-corrected chi connectivity index (χ0v) is 15.5. The first-order valence-electron chi connectivity index (χ1n) is 7.54. The van der Waals surface area contributed by atoms with Gasteiger partial charge in [-0.3, -0.25) is 0 Å². The molecule has 0 N–H and O–H groups in total. The van der Waals surface area contributed by atoms with E-state index in [1.54, 1.807) is 0 Å². The van der Waals surface area contributed by atoms with E-state index in [4.69, 9.17) is 16.0 Å². The molecule has 0 aliphatic carbocycles. The summed E-state index contributed by atoms with van der Waals surface area (Å²) in [5, 5.41) is -0.125. The molecule has 0 bridgehead atoms. The summed E-state index contributed by atoms with van der Waals surface area (Å²) in [5.41, 5.74) is 0. The van der Waals surface area contributed by atoms with Gasteiger partial charge in [-0.05, 0) is 37.4 Å². The molecule has 0 saturated heterocycles. The standard InChI is InChI=1S/C16H31ClO2Si/c1-7-8-9-10-11-12-14(17)15(13-18)19-20(5,6)16(2,3)4/h7,13-15H,1,8-12H2,2-6H3/t14-,15+/m0/s1. The fourth-order valence-electron chi connectivity index (χ4n) is 1.67. The molecule has 118 valence electrons. The molecule has 2 nitrogen and oxygen atoms in total. The van der Waals surface area contributed by atoms with E-state index in [1.165, 1.54) is 0 Å². The molecule has 0 aromatic heterocycles. The maximum absolute atomic E-state index is 11.3. The smallest absolute Gasteiger partial charge is 0.193 e. The van der Waals surface area contributed by atoms with Gasteiger partial charge in [-0.25, -0.2) is 0 Å². The Morgan fingerprint density at radius 3 is 2.30 bits per heavy atom. The summed E-state index contributed by atoms with van der Waals surface area (Å²) in [5.74, 6) is 0. The molecule has 2 atom stereocenters. The number of alkyl halides is 1. The van der Waals surface area contributed by atoms with Crippen LogP contribution in [0, 0.1) is 0 Å². The van der Waals surface area contributed by atoms with Gasteiger partial charge in [0.15, 0.2) is 8.32 Å². The van der Waals surface area contributed by atoms with Crippen LogP contribution in [-0.2, 0) is 9.22 Å². The third-order valence-electron chi connectivity index (χ3n) is 4.12. The lowest BCUT2D eigenvalue weighted by Gasteiger charge is -2.39. The first-order valence-corrected chi connectivity index (χ1v) is 10.9. The lowest BCUT2D eigenvalue weighted by atomic mass is 10.1. The van der Waals surface area contributed by atoms with Gasteiger partial charge in [-0.15, -0.1) is 18.2 Å². The first-order chi connectivity index (χ1) is 9.15. The van der Waals surface area contributed by atoms with Gasteiger partial charge >= 0.3 is 0 Å². The summed E-state index contributed by atoms with van der Waals surface area (Å²) in [6.45, 7) is 14.5. The Hall–Kier alpha value is -0.123. The van der Waals surface area contributed by atoms with E-state index in [9.17, 15) is 4.79 Å². The third-order valence-corrected chi connectivity index (χ3v) is 9.06. The first kappa shape index (κ1) is 19.9. The number of hydrogen-bond donors (Lipinski definition) is 0. The summed E-state index contributed by atoms with van der Waals surface area (Å²) in [6.07, 6.45) is 7.52. The molecule has 0 aromatic carbocycles. The summed E-state index contributed by atoms with van der Waals surface area (Å²) >= 11 is 6.36. The Kier molecular flexibility index (Phi) is 8.95. The minimum absolute atomic E-state index is 0.0921. The molecule has 0 fully saturated rings. The summed E-state index contributed by atoms with van der Waals surface area (Å²) in [6, 6.07) is 0. The molecule has 0 saturated carbocycles. The second-order valence-corrected chi connectivity index (χ2v) is 12.2. The van der Waals surface area contributed by atoms with E-state index in [1.807, 2.05) is 6.08 Å². The van der Waals surface area contributed by atoms with Crippen molar-refractivity contribution in [2.24, 2.45) is 0 Å². The van der Waals surface area contributed by atoms with E-state index >= 15 is 0 Å². The number of rotatable bonds is 10.